The number of hydrogen-bond acceptors (Lipinski definition) is 6. The van der Waals surface area contributed by atoms with Gasteiger partial charge in [-0.1, -0.05) is 30.9 Å². The fourth-order valence-corrected chi connectivity index (χ4v) is 6.38. The summed E-state index contributed by atoms with van der Waals surface area (Å²) in [5.74, 6) is 8.14. The minimum absolute atomic E-state index is 0.130. The highest BCUT2D eigenvalue weighted by atomic mass is 16.6. The van der Waals surface area contributed by atoms with E-state index in [4.69, 9.17) is 19.4 Å². The predicted molar refractivity (Wildman–Crippen MR) is 185 cm³/mol. The van der Waals surface area contributed by atoms with Crippen molar-refractivity contribution >= 4 is 23.2 Å². The zero-order valence-corrected chi connectivity index (χ0v) is 29.1. The number of rotatable bonds is 4. The molecule has 48 heavy (non-hydrogen) atoms. The van der Waals surface area contributed by atoms with E-state index in [1.807, 2.05) is 84.0 Å². The van der Waals surface area contributed by atoms with Crippen LogP contribution in [0.5, 0.6) is 0 Å². The quantitative estimate of drug-likeness (QED) is 0.216. The molecule has 252 valence electrons. The third-order valence-corrected chi connectivity index (χ3v) is 8.55. The van der Waals surface area contributed by atoms with E-state index in [2.05, 4.69) is 28.7 Å². The molecule has 2 aromatic heterocycles. The van der Waals surface area contributed by atoms with Crippen LogP contribution in [0, 0.1) is 11.8 Å². The highest BCUT2D eigenvalue weighted by Gasteiger charge is 2.36. The van der Waals surface area contributed by atoms with Crippen molar-refractivity contribution in [1.29, 1.82) is 0 Å². The van der Waals surface area contributed by atoms with E-state index in [9.17, 15) is 9.59 Å². The van der Waals surface area contributed by atoms with Crippen LogP contribution in [0.15, 0.2) is 42.5 Å². The van der Waals surface area contributed by atoms with Crippen LogP contribution in [0.3, 0.4) is 0 Å². The van der Waals surface area contributed by atoms with Crippen molar-refractivity contribution in [3.63, 3.8) is 0 Å². The van der Waals surface area contributed by atoms with E-state index in [0.717, 1.165) is 82.9 Å². The molecule has 2 amide bonds. The lowest BCUT2D eigenvalue weighted by Gasteiger charge is -2.27. The van der Waals surface area contributed by atoms with Crippen molar-refractivity contribution in [1.82, 2.24) is 29.7 Å². The molecule has 2 N–H and O–H groups in total. The number of carbonyl (C=O) groups is 2. The second-order valence-corrected chi connectivity index (χ2v) is 14.6. The Bertz CT molecular complexity index is 1870. The predicted octanol–water partition coefficient (Wildman–Crippen LogP) is 8.06. The van der Waals surface area contributed by atoms with Crippen LogP contribution in [0.25, 0.3) is 22.3 Å². The third kappa shape index (κ3) is 7.35. The number of fused-ring (bicyclic) bond motifs is 1. The lowest BCUT2D eigenvalue weighted by atomic mass is 10.1. The van der Waals surface area contributed by atoms with Crippen molar-refractivity contribution in [2.24, 2.45) is 0 Å². The minimum atomic E-state index is -0.547. The third-order valence-electron chi connectivity index (χ3n) is 8.55. The Labute approximate surface area is 282 Å². The Balaban J connectivity index is 1.16. The number of imidazole rings is 2. The Morgan fingerprint density at radius 3 is 1.90 bits per heavy atom. The van der Waals surface area contributed by atoms with E-state index in [0.29, 0.717) is 13.1 Å². The summed E-state index contributed by atoms with van der Waals surface area (Å²) in [6.07, 6.45) is 3.70. The molecule has 10 heteroatoms. The molecule has 2 atom stereocenters. The van der Waals surface area contributed by atoms with E-state index in [-0.39, 0.29) is 24.3 Å². The standard InChI is InChI=1S/C38H46N6O4/c1-8-27-32(42-34(39-27)31-12-10-22-44(31)36(46)48-38(5,6)7)26-18-15-24(16-19-26)13-14-25-17-20-28-29(23-25)41-33(40-28)30-11-9-21-43(30)35(45)47-37(2,3)4/h15-20,23,30-31H,8-12,21-22H2,1-7H3,(H,39,42)(H,40,41)/t30-,31-/m0/s1. The van der Waals surface area contributed by atoms with Gasteiger partial charge in [0.15, 0.2) is 0 Å². The number of carbonyl (C=O) groups excluding carboxylic acids is 2. The number of benzene rings is 2. The van der Waals surface area contributed by atoms with Crippen LogP contribution in [-0.4, -0.2) is 66.2 Å². The summed E-state index contributed by atoms with van der Waals surface area (Å²) in [5, 5.41) is 0. The smallest absolute Gasteiger partial charge is 0.410 e. The highest BCUT2D eigenvalue weighted by Crippen LogP contribution is 2.35. The average Bonchev–Trinajstić information content (AvgIpc) is 3.83. The molecule has 0 spiro atoms. The summed E-state index contributed by atoms with van der Waals surface area (Å²) in [4.78, 5) is 46.0. The van der Waals surface area contributed by atoms with E-state index < -0.39 is 11.2 Å². The van der Waals surface area contributed by atoms with Crippen LogP contribution in [-0.2, 0) is 15.9 Å². The summed E-state index contributed by atoms with van der Waals surface area (Å²) >= 11 is 0. The number of nitrogens with one attached hydrogen (secondary N) is 2. The van der Waals surface area contributed by atoms with Crippen molar-refractivity contribution in [2.75, 3.05) is 13.1 Å². The van der Waals surface area contributed by atoms with Crippen molar-refractivity contribution in [2.45, 2.75) is 104 Å². The number of H-pyrrole nitrogens is 2. The van der Waals surface area contributed by atoms with Crippen LogP contribution in [0.4, 0.5) is 9.59 Å². The van der Waals surface area contributed by atoms with Gasteiger partial charge in [-0.3, -0.25) is 9.80 Å². The highest BCUT2D eigenvalue weighted by molar-refractivity contribution is 5.77. The number of hydrogen-bond donors (Lipinski definition) is 2. The number of aryl methyl sites for hydroxylation is 1. The fraction of sp³-hybridized carbons (Fsp3) is 0.474. The first-order chi connectivity index (χ1) is 22.8. The van der Waals surface area contributed by atoms with Crippen molar-refractivity contribution < 1.29 is 19.1 Å². The molecule has 4 heterocycles. The zero-order valence-electron chi connectivity index (χ0n) is 29.1. The SMILES string of the molecule is CCc1[nH]c([C@@H]2CCCN2C(=O)OC(C)(C)C)nc1-c1ccc(C#Cc2ccc3nc([C@@H]4CCCN4C(=O)OC(C)(C)C)[nH]c3c2)cc1. The Morgan fingerprint density at radius 2 is 1.33 bits per heavy atom. The van der Waals surface area contributed by atoms with E-state index >= 15 is 0 Å². The largest absolute Gasteiger partial charge is 0.444 e. The average molecular weight is 651 g/mol. The molecule has 0 saturated carbocycles. The van der Waals surface area contributed by atoms with E-state index in [1.54, 1.807) is 9.80 Å². The maximum Gasteiger partial charge on any atom is 0.410 e. The molecular weight excluding hydrogens is 604 g/mol. The van der Waals surface area contributed by atoms with Gasteiger partial charge in [0.1, 0.15) is 22.9 Å². The normalized spacial score (nSPS) is 18.2. The Kier molecular flexibility index (Phi) is 8.99. The number of nitrogens with zero attached hydrogens (tertiary/aromatic N) is 4. The molecule has 0 bridgehead atoms. The van der Waals surface area contributed by atoms with Gasteiger partial charge in [-0.2, -0.15) is 0 Å². The molecule has 2 aliphatic heterocycles. The zero-order chi connectivity index (χ0) is 34.2. The maximum absolute atomic E-state index is 12.9. The summed E-state index contributed by atoms with van der Waals surface area (Å²) < 4.78 is 11.3. The second-order valence-electron chi connectivity index (χ2n) is 14.6. The molecule has 0 radical (unpaired) electrons. The molecule has 2 fully saturated rings. The lowest BCUT2D eigenvalue weighted by Crippen LogP contribution is -2.36. The van der Waals surface area contributed by atoms with Crippen LogP contribution in [0.2, 0.25) is 0 Å². The van der Waals surface area contributed by atoms with Gasteiger partial charge in [0.2, 0.25) is 0 Å². The molecule has 4 aromatic rings. The monoisotopic (exact) mass is 650 g/mol. The number of aromatic nitrogens is 4. The summed E-state index contributed by atoms with van der Waals surface area (Å²) in [7, 11) is 0. The first-order valence-corrected chi connectivity index (χ1v) is 17.0. The topological polar surface area (TPSA) is 116 Å². The van der Waals surface area contributed by atoms with Gasteiger partial charge in [-0.25, -0.2) is 19.6 Å². The number of ether oxygens (including phenoxy) is 2. The first-order valence-electron chi connectivity index (χ1n) is 17.0. The number of likely N-dealkylation sites (tertiary alicyclic amines) is 2. The van der Waals surface area contributed by atoms with Crippen LogP contribution in [0.1, 0.15) is 115 Å². The van der Waals surface area contributed by atoms with Crippen LogP contribution < -0.4 is 0 Å². The lowest BCUT2D eigenvalue weighted by molar-refractivity contribution is 0.0208. The van der Waals surface area contributed by atoms with Gasteiger partial charge in [0, 0.05) is 35.5 Å². The van der Waals surface area contributed by atoms with Crippen molar-refractivity contribution in [3.8, 4) is 23.1 Å². The van der Waals surface area contributed by atoms with Crippen molar-refractivity contribution in [3.05, 3.63) is 70.9 Å². The number of amides is 2. The van der Waals surface area contributed by atoms with E-state index in [1.165, 1.54) is 0 Å². The van der Waals surface area contributed by atoms with Gasteiger partial charge in [-0.05, 0) is 104 Å². The Hall–Kier alpha value is -4.78. The molecule has 6 rings (SSSR count). The first kappa shape index (κ1) is 33.1. The summed E-state index contributed by atoms with van der Waals surface area (Å²) in [6.45, 7) is 14.7. The van der Waals surface area contributed by atoms with Gasteiger partial charge in [0.05, 0.1) is 28.8 Å². The molecule has 0 aliphatic carbocycles. The molecule has 2 aliphatic rings. The van der Waals surface area contributed by atoms with Gasteiger partial charge in [-0.15, -0.1) is 0 Å². The Morgan fingerprint density at radius 1 is 0.792 bits per heavy atom. The molecular formula is C38H46N6O4. The minimum Gasteiger partial charge on any atom is -0.444 e. The molecule has 2 saturated heterocycles. The van der Waals surface area contributed by atoms with Gasteiger partial charge < -0.3 is 19.4 Å². The number of aromatic amines is 2. The molecule has 2 aromatic carbocycles. The fourth-order valence-electron chi connectivity index (χ4n) is 6.38. The van der Waals surface area contributed by atoms with Crippen LogP contribution >= 0.6 is 0 Å². The maximum atomic E-state index is 12.9. The molecule has 10 nitrogen and oxygen atoms in total. The second kappa shape index (κ2) is 13.0. The summed E-state index contributed by atoms with van der Waals surface area (Å²) in [5.41, 5.74) is 5.34. The van der Waals surface area contributed by atoms with Gasteiger partial charge in [0.25, 0.3) is 0 Å². The molecule has 0 unspecified atom stereocenters. The van der Waals surface area contributed by atoms with Gasteiger partial charge >= 0.3 is 12.2 Å². The summed E-state index contributed by atoms with van der Waals surface area (Å²) in [6, 6.07) is 13.8.